The van der Waals surface area contributed by atoms with E-state index in [0.29, 0.717) is 42.7 Å². The molecule has 1 fully saturated rings. The molecule has 1 saturated heterocycles. The molecule has 0 radical (unpaired) electrons. The molecule has 6 aromatic rings. The van der Waals surface area contributed by atoms with Gasteiger partial charge in [0.25, 0.3) is 0 Å². The van der Waals surface area contributed by atoms with E-state index < -0.39 is 28.8 Å². The molecule has 8 rings (SSSR count). The number of hydrogen-bond acceptors (Lipinski definition) is 10. The summed E-state index contributed by atoms with van der Waals surface area (Å²) in [6.07, 6.45) is -4.20. The number of methoxy groups -OCH3 is 2. The molecule has 4 aromatic carbocycles. The topological polar surface area (TPSA) is 88.1 Å². The molecule has 2 aromatic heterocycles. The van der Waals surface area contributed by atoms with E-state index in [1.165, 1.54) is 19.1 Å². The summed E-state index contributed by atoms with van der Waals surface area (Å²) in [6.45, 7) is 7.20. The maximum absolute atomic E-state index is 17.7. The van der Waals surface area contributed by atoms with Crippen LogP contribution < -0.4 is 29.3 Å². The molecule has 1 N–H and O–H groups in total. The van der Waals surface area contributed by atoms with Crippen molar-refractivity contribution in [2.24, 2.45) is 0 Å². The van der Waals surface area contributed by atoms with Gasteiger partial charge in [0.05, 0.1) is 36.1 Å². The van der Waals surface area contributed by atoms with Crippen LogP contribution in [0.1, 0.15) is 40.3 Å². The molecule has 2 aliphatic heterocycles. The molecule has 1 unspecified atom stereocenters. The number of alkyl halides is 3. The van der Waals surface area contributed by atoms with Crippen LogP contribution in [0.25, 0.3) is 22.2 Å². The molecule has 4 heterocycles. The third-order valence-electron chi connectivity index (χ3n) is 11.3. The van der Waals surface area contributed by atoms with E-state index in [0.717, 1.165) is 41.8 Å². The summed E-state index contributed by atoms with van der Waals surface area (Å²) in [7, 11) is 5.18. The van der Waals surface area contributed by atoms with Gasteiger partial charge >= 0.3 is 12.2 Å². The molecule has 0 saturated carbocycles. The van der Waals surface area contributed by atoms with Gasteiger partial charge in [0.2, 0.25) is 0 Å². The summed E-state index contributed by atoms with van der Waals surface area (Å²) in [5.74, 6) is 1.33. The highest BCUT2D eigenvalue weighted by atomic mass is 35.5. The van der Waals surface area contributed by atoms with Crippen molar-refractivity contribution in [2.45, 2.75) is 52.1 Å². The van der Waals surface area contributed by atoms with Gasteiger partial charge in [0.15, 0.2) is 5.82 Å². The van der Waals surface area contributed by atoms with E-state index in [4.69, 9.17) is 30.8 Å². The Kier molecular flexibility index (Phi) is 11.9. The standard InChI is InChI=1S/C46H46ClF4N7O3/c1-27-21-38(57(24-29-9-13-32(59-4)14-10-29)25-30-11-15-33(60-5)16-12-30)53-43(40(27)46(49,50)51)39-36(47)22-35-42(41(39)48)54-45(55-44(35)58-20-18-52-23-28(58)2)61-37-8-6-7-31-26-56(3)19-17-34(31)37/h6-16,21-22,28,52H,17-20,23-26H2,1-5H3. The Bertz CT molecular complexity index is 2510. The second kappa shape index (κ2) is 17.3. The number of halogens is 5. The summed E-state index contributed by atoms with van der Waals surface area (Å²) in [6, 6.07) is 23.1. The van der Waals surface area contributed by atoms with E-state index in [9.17, 15) is 0 Å². The van der Waals surface area contributed by atoms with Crippen LogP contribution in [0.2, 0.25) is 5.02 Å². The number of nitrogens with zero attached hydrogens (tertiary/aromatic N) is 6. The number of likely N-dealkylation sites (N-methyl/N-ethyl adjacent to an activating group) is 1. The quantitative estimate of drug-likeness (QED) is 0.127. The Balaban J connectivity index is 1.31. The first-order valence-electron chi connectivity index (χ1n) is 20.1. The molecule has 10 nitrogen and oxygen atoms in total. The number of rotatable bonds is 11. The monoisotopic (exact) mass is 855 g/mol. The van der Waals surface area contributed by atoms with Gasteiger partial charge in [-0.2, -0.15) is 23.1 Å². The summed E-state index contributed by atoms with van der Waals surface area (Å²) >= 11 is 6.97. The zero-order valence-corrected chi connectivity index (χ0v) is 35.3. The molecule has 2 aliphatic rings. The highest BCUT2D eigenvalue weighted by Crippen LogP contribution is 2.46. The van der Waals surface area contributed by atoms with Crippen LogP contribution in [-0.2, 0) is 32.2 Å². The molecule has 0 aliphatic carbocycles. The Labute approximate surface area is 357 Å². The van der Waals surface area contributed by atoms with Crippen LogP contribution in [-0.4, -0.2) is 73.3 Å². The fourth-order valence-electron chi connectivity index (χ4n) is 8.18. The van der Waals surface area contributed by atoms with Crippen molar-refractivity contribution in [3.05, 3.63) is 123 Å². The van der Waals surface area contributed by atoms with Crippen LogP contribution in [0.3, 0.4) is 0 Å². The van der Waals surface area contributed by atoms with Crippen LogP contribution in [0.5, 0.6) is 23.3 Å². The van der Waals surface area contributed by atoms with E-state index in [1.54, 1.807) is 14.2 Å². The number of piperazine rings is 1. The third-order valence-corrected chi connectivity index (χ3v) is 11.6. The Morgan fingerprint density at radius 2 is 1.57 bits per heavy atom. The van der Waals surface area contributed by atoms with Gasteiger partial charge in [-0.05, 0) is 92.0 Å². The van der Waals surface area contributed by atoms with Crippen LogP contribution in [0.15, 0.2) is 78.9 Å². The number of pyridine rings is 1. The van der Waals surface area contributed by atoms with Crippen molar-refractivity contribution in [3.8, 4) is 34.5 Å². The molecule has 0 bridgehead atoms. The smallest absolute Gasteiger partial charge is 0.418 e. The number of aromatic nitrogens is 3. The van der Waals surface area contributed by atoms with Gasteiger partial charge in [-0.1, -0.05) is 48.0 Å². The van der Waals surface area contributed by atoms with Crippen molar-refractivity contribution in [1.82, 2.24) is 25.2 Å². The van der Waals surface area contributed by atoms with Crippen molar-refractivity contribution in [2.75, 3.05) is 57.2 Å². The minimum absolute atomic E-state index is 0.0681. The average Bonchev–Trinajstić information content (AvgIpc) is 3.23. The maximum Gasteiger partial charge on any atom is 0.418 e. The first kappa shape index (κ1) is 42.0. The summed E-state index contributed by atoms with van der Waals surface area (Å²) in [5, 5.41) is 3.33. The minimum Gasteiger partial charge on any atom is -0.497 e. The van der Waals surface area contributed by atoms with Crippen molar-refractivity contribution >= 4 is 34.1 Å². The largest absolute Gasteiger partial charge is 0.497 e. The third kappa shape index (κ3) is 8.75. The molecule has 1 atom stereocenters. The van der Waals surface area contributed by atoms with Gasteiger partial charge in [0, 0.05) is 62.8 Å². The fourth-order valence-corrected chi connectivity index (χ4v) is 8.46. The molecule has 15 heteroatoms. The minimum atomic E-state index is -4.92. The average molecular weight is 856 g/mol. The fraction of sp³-hybridized carbons (Fsp3) is 0.326. The summed E-state index contributed by atoms with van der Waals surface area (Å²) in [5.41, 5.74) is 1.11. The lowest BCUT2D eigenvalue weighted by atomic mass is 9.98. The number of hydrogen-bond donors (Lipinski definition) is 1. The first-order valence-corrected chi connectivity index (χ1v) is 20.4. The lowest BCUT2D eigenvalue weighted by Gasteiger charge is -2.35. The van der Waals surface area contributed by atoms with Crippen molar-refractivity contribution in [1.29, 1.82) is 0 Å². The second-order valence-corrected chi connectivity index (χ2v) is 16.0. The number of fused-ring (bicyclic) bond motifs is 2. The maximum atomic E-state index is 17.7. The molecular formula is C46H46ClF4N7O3. The molecule has 61 heavy (non-hydrogen) atoms. The lowest BCUT2D eigenvalue weighted by Crippen LogP contribution is -2.50. The first-order chi connectivity index (χ1) is 29.3. The Morgan fingerprint density at radius 3 is 2.20 bits per heavy atom. The number of anilines is 2. The highest BCUT2D eigenvalue weighted by molar-refractivity contribution is 6.34. The van der Waals surface area contributed by atoms with E-state index in [-0.39, 0.29) is 52.4 Å². The zero-order chi connectivity index (χ0) is 43.0. The van der Waals surface area contributed by atoms with Gasteiger partial charge in [-0.3, -0.25) is 0 Å². The van der Waals surface area contributed by atoms with E-state index >= 15 is 17.6 Å². The number of ether oxygens (including phenoxy) is 3. The molecule has 0 spiro atoms. The lowest BCUT2D eigenvalue weighted by molar-refractivity contribution is -0.137. The SMILES string of the molecule is COc1ccc(CN(Cc2ccc(OC)cc2)c2cc(C)c(C(F)(F)F)c(-c3c(Cl)cc4c(N5CCNCC5C)nc(Oc5cccc6c5CCN(C)C6)nc4c3F)n2)cc1. The molecule has 0 amide bonds. The zero-order valence-electron chi connectivity index (χ0n) is 34.5. The number of benzene rings is 4. The Morgan fingerprint density at radius 1 is 0.902 bits per heavy atom. The predicted molar refractivity (Wildman–Crippen MR) is 230 cm³/mol. The summed E-state index contributed by atoms with van der Waals surface area (Å²) in [4.78, 5) is 20.2. The van der Waals surface area contributed by atoms with E-state index in [2.05, 4.69) is 20.2 Å². The highest BCUT2D eigenvalue weighted by Gasteiger charge is 2.39. The molecular weight excluding hydrogens is 810 g/mol. The normalized spacial score (nSPS) is 15.8. The van der Waals surface area contributed by atoms with Crippen LogP contribution >= 0.6 is 11.6 Å². The van der Waals surface area contributed by atoms with Crippen LogP contribution in [0.4, 0.5) is 29.2 Å². The van der Waals surface area contributed by atoms with Crippen molar-refractivity contribution < 1.29 is 31.8 Å². The Hall–Kier alpha value is -5.70. The van der Waals surface area contributed by atoms with Gasteiger partial charge < -0.3 is 34.2 Å². The van der Waals surface area contributed by atoms with Crippen LogP contribution in [0, 0.1) is 12.7 Å². The van der Waals surface area contributed by atoms with Gasteiger partial charge in [-0.25, -0.2) is 9.37 Å². The number of nitrogens with one attached hydrogen (secondary N) is 1. The second-order valence-electron chi connectivity index (χ2n) is 15.6. The van der Waals surface area contributed by atoms with Gasteiger partial charge in [0.1, 0.15) is 34.4 Å². The van der Waals surface area contributed by atoms with Crippen molar-refractivity contribution in [3.63, 3.8) is 0 Å². The molecule has 318 valence electrons. The number of aryl methyl sites for hydroxylation is 1. The van der Waals surface area contributed by atoms with E-state index in [1.807, 2.05) is 90.5 Å². The van der Waals surface area contributed by atoms with Gasteiger partial charge in [-0.15, -0.1) is 0 Å². The predicted octanol–water partition coefficient (Wildman–Crippen LogP) is 9.61. The summed E-state index contributed by atoms with van der Waals surface area (Å²) < 4.78 is 80.5.